The monoisotopic (exact) mass is 461 g/mol. The van der Waals surface area contributed by atoms with Gasteiger partial charge in [-0.3, -0.25) is 0 Å². The first-order valence-electron chi connectivity index (χ1n) is 13.8. The Morgan fingerprint density at radius 2 is 1.59 bits per heavy atom. The highest BCUT2D eigenvalue weighted by atomic mass is 32.2. The van der Waals surface area contributed by atoms with Crippen molar-refractivity contribution in [2.75, 3.05) is 12.0 Å². The molecule has 8 atom stereocenters. The van der Waals surface area contributed by atoms with Gasteiger partial charge in [-0.05, 0) is 122 Å². The molecule has 0 radical (unpaired) electrons. The second-order valence-electron chi connectivity index (χ2n) is 13.9. The predicted octanol–water partition coefficient (Wildman–Crippen LogP) is 7.78. The zero-order chi connectivity index (χ0) is 23.7. The third kappa shape index (κ3) is 3.51. The largest absolute Gasteiger partial charge is 0.393 e. The molecule has 184 valence electrons. The van der Waals surface area contributed by atoms with Crippen LogP contribution >= 0.6 is 0 Å². The van der Waals surface area contributed by atoms with Gasteiger partial charge in [0, 0.05) is 0 Å². The van der Waals surface area contributed by atoms with E-state index < -0.39 is 0 Å². The Morgan fingerprint density at radius 1 is 0.906 bits per heavy atom. The fourth-order valence-electron chi connectivity index (χ4n) is 9.44. The van der Waals surface area contributed by atoms with E-state index >= 15 is 0 Å². The molecule has 2 fully saturated rings. The maximum absolute atomic E-state index is 10.8. The molecule has 4 aliphatic rings. The lowest BCUT2D eigenvalue weighted by atomic mass is 9.43. The molecule has 0 bridgehead atoms. The quantitative estimate of drug-likeness (QED) is 0.327. The summed E-state index contributed by atoms with van der Waals surface area (Å²) in [7, 11) is 0.567. The van der Waals surface area contributed by atoms with Gasteiger partial charge < -0.3 is 5.11 Å². The molecule has 4 aliphatic carbocycles. The summed E-state index contributed by atoms with van der Waals surface area (Å²) >= 11 is 0. The number of rotatable bonds is 5. The van der Waals surface area contributed by atoms with Crippen molar-refractivity contribution in [3.05, 3.63) is 11.1 Å². The van der Waals surface area contributed by atoms with Crippen LogP contribution in [-0.2, 0) is 10.9 Å². The van der Waals surface area contributed by atoms with Crippen molar-refractivity contribution in [2.24, 2.45) is 39.4 Å². The molecular weight excluding hydrogens is 408 g/mol. The average Bonchev–Trinajstić information content (AvgIpc) is 3.00. The molecule has 2 heteroatoms. The molecule has 0 aromatic carbocycles. The van der Waals surface area contributed by atoms with Crippen molar-refractivity contribution in [1.82, 2.24) is 0 Å². The van der Waals surface area contributed by atoms with E-state index in [1.54, 1.807) is 0 Å². The van der Waals surface area contributed by atoms with E-state index in [1.807, 2.05) is 11.1 Å². The van der Waals surface area contributed by atoms with Gasteiger partial charge in [-0.1, -0.05) is 52.7 Å². The van der Waals surface area contributed by atoms with Crippen LogP contribution in [-0.4, -0.2) is 28.5 Å². The molecule has 0 aromatic rings. The first-order chi connectivity index (χ1) is 14.8. The van der Waals surface area contributed by atoms with Crippen molar-refractivity contribution < 1.29 is 5.11 Å². The van der Waals surface area contributed by atoms with Gasteiger partial charge in [0.1, 0.15) is 11.0 Å². The normalized spacial score (nSPS) is 45.3. The Labute approximate surface area is 202 Å². The van der Waals surface area contributed by atoms with Gasteiger partial charge in [-0.2, -0.15) is 0 Å². The minimum absolute atomic E-state index is 0.0494. The van der Waals surface area contributed by atoms with E-state index in [1.165, 1.54) is 57.1 Å². The highest BCUT2D eigenvalue weighted by molar-refractivity contribution is 7.96. The highest BCUT2D eigenvalue weighted by Crippen LogP contribution is 2.72. The van der Waals surface area contributed by atoms with Crippen LogP contribution < -0.4 is 0 Å². The van der Waals surface area contributed by atoms with Gasteiger partial charge in [0.05, 0.1) is 12.4 Å². The molecule has 2 saturated carbocycles. The fraction of sp³-hybridized carbons (Fsp3) is 0.933. The van der Waals surface area contributed by atoms with Crippen LogP contribution in [0.2, 0.25) is 0 Å². The van der Waals surface area contributed by atoms with Crippen LogP contribution in [0.15, 0.2) is 11.1 Å². The Bertz CT molecular complexity index is 752. The maximum atomic E-state index is 10.8. The number of fused-ring (bicyclic) bond motifs is 4. The van der Waals surface area contributed by atoms with E-state index in [0.717, 1.165) is 23.5 Å². The maximum Gasteiger partial charge on any atom is 0.112 e. The number of aliphatic hydroxyl groups is 1. The summed E-state index contributed by atoms with van der Waals surface area (Å²) in [6, 6.07) is 0. The van der Waals surface area contributed by atoms with Gasteiger partial charge in [-0.15, -0.1) is 0 Å². The van der Waals surface area contributed by atoms with E-state index in [2.05, 4.69) is 61.6 Å². The summed E-state index contributed by atoms with van der Waals surface area (Å²) in [5, 5.41) is 11.7. The van der Waals surface area contributed by atoms with E-state index in [9.17, 15) is 5.11 Å². The zero-order valence-corrected chi connectivity index (χ0v) is 23.6. The van der Waals surface area contributed by atoms with E-state index in [0.29, 0.717) is 33.1 Å². The molecule has 4 rings (SSSR count). The first kappa shape index (κ1) is 25.2. The first-order valence-corrected chi connectivity index (χ1v) is 15.7. The van der Waals surface area contributed by atoms with Crippen LogP contribution in [0.4, 0.5) is 0 Å². The molecule has 32 heavy (non-hydrogen) atoms. The van der Waals surface area contributed by atoms with Crippen molar-refractivity contribution >= 4 is 10.9 Å². The molecular formula is C30H53OS+. The number of aliphatic hydroxyl groups excluding tert-OH is 1. The highest BCUT2D eigenvalue weighted by Gasteiger charge is 2.63. The standard InChI is InChI=1S/C30H53OS/c1-20(2)32(9)19-15-21(3)22-12-17-30(8)24-10-11-25-27(4,5)26(31)14-16-28(25,6)23(24)13-18-29(22,30)7/h20-22,25-26,31H,10-19H2,1-9H3/q+1/t21-,22?,25?,26+,28-,29-,30+,32?/m1/s1. The van der Waals surface area contributed by atoms with Gasteiger partial charge in [0.25, 0.3) is 0 Å². The van der Waals surface area contributed by atoms with E-state index in [-0.39, 0.29) is 11.5 Å². The topological polar surface area (TPSA) is 20.2 Å². The van der Waals surface area contributed by atoms with Gasteiger partial charge in [-0.25, -0.2) is 0 Å². The molecule has 0 aliphatic heterocycles. The Kier molecular flexibility index (Phi) is 6.54. The summed E-state index contributed by atoms with van der Waals surface area (Å²) in [6.45, 7) is 20.1. The predicted molar refractivity (Wildman–Crippen MR) is 142 cm³/mol. The van der Waals surface area contributed by atoms with Crippen LogP contribution in [0.1, 0.15) is 113 Å². The van der Waals surface area contributed by atoms with Crippen LogP contribution in [0.3, 0.4) is 0 Å². The number of allylic oxidation sites excluding steroid dienone is 2. The molecule has 0 spiro atoms. The Morgan fingerprint density at radius 3 is 2.25 bits per heavy atom. The van der Waals surface area contributed by atoms with Gasteiger partial charge >= 0.3 is 0 Å². The smallest absolute Gasteiger partial charge is 0.112 e. The molecule has 0 aromatic heterocycles. The fourth-order valence-corrected chi connectivity index (χ4v) is 10.7. The molecule has 3 unspecified atom stereocenters. The summed E-state index contributed by atoms with van der Waals surface area (Å²) in [5.41, 5.74) is 5.00. The lowest BCUT2D eigenvalue weighted by Gasteiger charge is -2.62. The molecule has 0 saturated heterocycles. The van der Waals surface area contributed by atoms with Crippen molar-refractivity contribution in [3.63, 3.8) is 0 Å². The van der Waals surface area contributed by atoms with Crippen molar-refractivity contribution in [2.45, 2.75) is 125 Å². The third-order valence-electron chi connectivity index (χ3n) is 12.2. The molecule has 1 N–H and O–H groups in total. The SMILES string of the molecule is CC(C)[S+](C)CC[C@@H](C)C1CC[C@@]2(C)C3=C(CC[C@]12C)[C@@]1(C)CC[C@H](O)C(C)(C)C1CC3. The van der Waals surface area contributed by atoms with Crippen molar-refractivity contribution in [1.29, 1.82) is 0 Å². The number of hydrogen-bond acceptors (Lipinski definition) is 1. The van der Waals surface area contributed by atoms with Crippen LogP contribution in [0, 0.1) is 39.4 Å². The lowest BCUT2D eigenvalue weighted by Crippen LogP contribution is -2.55. The molecule has 0 heterocycles. The van der Waals surface area contributed by atoms with Gasteiger partial charge in [0.15, 0.2) is 0 Å². The molecule has 1 nitrogen and oxygen atoms in total. The minimum atomic E-state index is -0.127. The second-order valence-corrected chi connectivity index (χ2v) is 16.7. The van der Waals surface area contributed by atoms with E-state index in [4.69, 9.17) is 0 Å². The van der Waals surface area contributed by atoms with Crippen LogP contribution in [0.5, 0.6) is 0 Å². The third-order valence-corrected chi connectivity index (χ3v) is 14.7. The zero-order valence-electron chi connectivity index (χ0n) is 22.8. The Balaban J connectivity index is 1.62. The van der Waals surface area contributed by atoms with Crippen molar-refractivity contribution in [3.8, 4) is 0 Å². The summed E-state index contributed by atoms with van der Waals surface area (Å²) in [4.78, 5) is 0. The minimum Gasteiger partial charge on any atom is -0.393 e. The average molecular weight is 462 g/mol. The van der Waals surface area contributed by atoms with Crippen LogP contribution in [0.25, 0.3) is 0 Å². The summed E-state index contributed by atoms with van der Waals surface area (Å²) in [6.07, 6.45) is 14.1. The second kappa shape index (κ2) is 8.32. The summed E-state index contributed by atoms with van der Waals surface area (Å²) in [5.74, 6) is 3.81. The molecule has 0 amide bonds. The number of hydrogen-bond donors (Lipinski definition) is 1. The summed E-state index contributed by atoms with van der Waals surface area (Å²) < 4.78 is 0. The Hall–Kier alpha value is 0.0500. The lowest BCUT2D eigenvalue weighted by molar-refractivity contribution is -0.0962. The van der Waals surface area contributed by atoms with Gasteiger partial charge in [0.2, 0.25) is 0 Å².